The Hall–Kier alpha value is -2.87. The first-order valence-electron chi connectivity index (χ1n) is 9.81. The van der Waals surface area contributed by atoms with E-state index in [1.54, 1.807) is 0 Å². The lowest BCUT2D eigenvalue weighted by Crippen LogP contribution is -2.42. The summed E-state index contributed by atoms with van der Waals surface area (Å²) in [6, 6.07) is 7.86. The molecule has 4 rings (SSSR count). The van der Waals surface area contributed by atoms with Crippen molar-refractivity contribution in [1.29, 1.82) is 0 Å². The molecule has 1 aliphatic rings. The Bertz CT molecular complexity index is 1020. The smallest absolute Gasteiger partial charge is 0.228 e. The van der Waals surface area contributed by atoms with Crippen LogP contribution in [0.1, 0.15) is 25.5 Å². The Kier molecular flexibility index (Phi) is 5.53. The monoisotopic (exact) mass is 412 g/mol. The molecule has 1 aliphatic heterocycles. The van der Waals surface area contributed by atoms with Gasteiger partial charge in [0.1, 0.15) is 5.75 Å². The van der Waals surface area contributed by atoms with Crippen LogP contribution in [-0.4, -0.2) is 45.8 Å². The van der Waals surface area contributed by atoms with Crippen LogP contribution < -0.4 is 10.5 Å². The van der Waals surface area contributed by atoms with Gasteiger partial charge in [0.15, 0.2) is 4.96 Å². The van der Waals surface area contributed by atoms with E-state index in [2.05, 4.69) is 0 Å². The van der Waals surface area contributed by atoms with Crippen molar-refractivity contribution >= 4 is 28.1 Å². The summed E-state index contributed by atoms with van der Waals surface area (Å²) in [5.74, 6) is 0.529. The van der Waals surface area contributed by atoms with Crippen LogP contribution in [0.2, 0.25) is 0 Å². The number of fused-ring (bicyclic) bond motifs is 1. The predicted molar refractivity (Wildman–Crippen MR) is 112 cm³/mol. The quantitative estimate of drug-likeness (QED) is 0.674. The van der Waals surface area contributed by atoms with Gasteiger partial charge in [0.05, 0.1) is 18.7 Å². The summed E-state index contributed by atoms with van der Waals surface area (Å²) < 4.78 is 7.48. The lowest BCUT2D eigenvalue weighted by Gasteiger charge is -2.30. The number of hydrogen-bond donors (Lipinski definition) is 1. The van der Waals surface area contributed by atoms with E-state index in [1.807, 2.05) is 52.1 Å². The standard InChI is InChI=1S/C21H24N4O3S/c1-2-28-17-5-3-14(4-6-17)18-12-25-16(13-29-21(25)23-18)11-19(26)24-9-7-15(8-10-24)20(22)27/h3-6,12-13,15H,2,7-11H2,1H3,(H2,22,27). The summed E-state index contributed by atoms with van der Waals surface area (Å²) in [7, 11) is 0. The fraction of sp³-hybridized carbons (Fsp3) is 0.381. The van der Waals surface area contributed by atoms with Gasteiger partial charge in [-0.15, -0.1) is 11.3 Å². The van der Waals surface area contributed by atoms with Gasteiger partial charge < -0.3 is 15.4 Å². The highest BCUT2D eigenvalue weighted by molar-refractivity contribution is 7.15. The number of benzene rings is 1. The molecule has 0 bridgehead atoms. The Balaban J connectivity index is 1.46. The number of imidazole rings is 1. The second-order valence-electron chi connectivity index (χ2n) is 7.20. The fourth-order valence-electron chi connectivity index (χ4n) is 3.66. The third kappa shape index (κ3) is 4.12. The van der Waals surface area contributed by atoms with Gasteiger partial charge in [0.25, 0.3) is 0 Å². The molecule has 8 heteroatoms. The maximum absolute atomic E-state index is 12.7. The first kappa shape index (κ1) is 19.4. The second kappa shape index (κ2) is 8.24. The number of nitrogens with two attached hydrogens (primary N) is 1. The third-order valence-corrected chi connectivity index (χ3v) is 6.22. The number of likely N-dealkylation sites (tertiary alicyclic amines) is 1. The Morgan fingerprint density at radius 2 is 1.97 bits per heavy atom. The summed E-state index contributed by atoms with van der Waals surface area (Å²) in [5, 5.41) is 1.98. The van der Waals surface area contributed by atoms with Gasteiger partial charge in [-0.25, -0.2) is 4.98 Å². The summed E-state index contributed by atoms with van der Waals surface area (Å²) in [4.78, 5) is 31.4. The van der Waals surface area contributed by atoms with E-state index < -0.39 is 0 Å². The highest BCUT2D eigenvalue weighted by Gasteiger charge is 2.26. The van der Waals surface area contributed by atoms with Crippen molar-refractivity contribution in [2.75, 3.05) is 19.7 Å². The molecule has 0 spiro atoms. The first-order valence-corrected chi connectivity index (χ1v) is 10.7. The van der Waals surface area contributed by atoms with Crippen LogP contribution in [0, 0.1) is 5.92 Å². The molecule has 2 N–H and O–H groups in total. The average Bonchev–Trinajstić information content (AvgIpc) is 3.31. The van der Waals surface area contributed by atoms with Crippen LogP contribution in [0.5, 0.6) is 5.75 Å². The van der Waals surface area contributed by atoms with Gasteiger partial charge in [0.2, 0.25) is 11.8 Å². The van der Waals surface area contributed by atoms with Crippen LogP contribution >= 0.6 is 11.3 Å². The number of aromatic nitrogens is 2. The Morgan fingerprint density at radius 1 is 1.24 bits per heavy atom. The number of ether oxygens (including phenoxy) is 1. The van der Waals surface area contributed by atoms with E-state index >= 15 is 0 Å². The molecule has 0 unspecified atom stereocenters. The fourth-order valence-corrected chi connectivity index (χ4v) is 4.54. The highest BCUT2D eigenvalue weighted by Crippen LogP contribution is 2.26. The van der Waals surface area contributed by atoms with E-state index in [9.17, 15) is 9.59 Å². The number of carbonyl (C=O) groups is 2. The summed E-state index contributed by atoms with van der Waals surface area (Å²) in [6.45, 7) is 3.76. The molecule has 0 saturated carbocycles. The van der Waals surface area contributed by atoms with Gasteiger partial charge in [-0.05, 0) is 44.0 Å². The molecule has 7 nitrogen and oxygen atoms in total. The third-order valence-electron chi connectivity index (χ3n) is 5.33. The number of piperidine rings is 1. The van der Waals surface area contributed by atoms with Crippen molar-refractivity contribution in [3.8, 4) is 17.0 Å². The summed E-state index contributed by atoms with van der Waals surface area (Å²) >= 11 is 1.53. The normalized spacial score (nSPS) is 15.0. The van der Waals surface area contributed by atoms with E-state index in [0.29, 0.717) is 39.0 Å². The number of amides is 2. The maximum Gasteiger partial charge on any atom is 0.228 e. The van der Waals surface area contributed by atoms with Gasteiger partial charge >= 0.3 is 0 Å². The Morgan fingerprint density at radius 3 is 2.62 bits per heavy atom. The molecule has 29 heavy (non-hydrogen) atoms. The van der Waals surface area contributed by atoms with Crippen molar-refractivity contribution in [2.24, 2.45) is 11.7 Å². The van der Waals surface area contributed by atoms with Crippen molar-refractivity contribution in [2.45, 2.75) is 26.2 Å². The van der Waals surface area contributed by atoms with Gasteiger partial charge in [-0.1, -0.05) is 0 Å². The number of primary amides is 1. The molecule has 0 atom stereocenters. The minimum atomic E-state index is -0.267. The topological polar surface area (TPSA) is 89.9 Å². The molecule has 1 aromatic carbocycles. The largest absolute Gasteiger partial charge is 0.494 e. The van der Waals surface area contributed by atoms with Gasteiger partial charge in [-0.3, -0.25) is 14.0 Å². The summed E-state index contributed by atoms with van der Waals surface area (Å²) in [5.41, 5.74) is 8.18. The minimum absolute atomic E-state index is 0.0731. The van der Waals surface area contributed by atoms with Gasteiger partial charge in [0, 0.05) is 41.8 Å². The van der Waals surface area contributed by atoms with Crippen LogP contribution in [0.15, 0.2) is 35.8 Å². The van der Waals surface area contributed by atoms with Crippen LogP contribution in [0.4, 0.5) is 0 Å². The number of carbonyl (C=O) groups excluding carboxylic acids is 2. The molecule has 2 aromatic heterocycles. The van der Waals surface area contributed by atoms with Gasteiger partial charge in [-0.2, -0.15) is 0 Å². The number of thiazole rings is 1. The van der Waals surface area contributed by atoms with Crippen molar-refractivity contribution in [1.82, 2.24) is 14.3 Å². The zero-order valence-corrected chi connectivity index (χ0v) is 17.2. The number of hydrogen-bond acceptors (Lipinski definition) is 5. The van der Waals surface area contributed by atoms with E-state index in [1.165, 1.54) is 11.3 Å². The average molecular weight is 413 g/mol. The van der Waals surface area contributed by atoms with Crippen molar-refractivity contribution in [3.05, 3.63) is 41.5 Å². The van der Waals surface area contributed by atoms with Crippen LogP contribution in [-0.2, 0) is 16.0 Å². The zero-order valence-electron chi connectivity index (χ0n) is 16.3. The molecule has 0 aliphatic carbocycles. The van der Waals surface area contributed by atoms with Crippen molar-refractivity contribution < 1.29 is 14.3 Å². The lowest BCUT2D eigenvalue weighted by atomic mass is 9.96. The summed E-state index contributed by atoms with van der Waals surface area (Å²) in [6.07, 6.45) is 3.59. The molecule has 2 amide bonds. The van der Waals surface area contributed by atoms with E-state index in [4.69, 9.17) is 15.5 Å². The Labute approximate surface area is 173 Å². The number of rotatable bonds is 6. The van der Waals surface area contributed by atoms with E-state index in [-0.39, 0.29) is 17.7 Å². The molecule has 152 valence electrons. The molecular formula is C21H24N4O3S. The minimum Gasteiger partial charge on any atom is -0.494 e. The number of nitrogens with zero attached hydrogens (tertiary/aromatic N) is 3. The SMILES string of the molecule is CCOc1ccc(-c2cn3c(CC(=O)N4CCC(C(N)=O)CC4)csc3n2)cc1. The molecular weight excluding hydrogens is 388 g/mol. The molecule has 3 aromatic rings. The predicted octanol–water partition coefficient (Wildman–Crippen LogP) is 2.73. The molecule has 0 radical (unpaired) electrons. The van der Waals surface area contributed by atoms with E-state index in [0.717, 1.165) is 27.7 Å². The van der Waals surface area contributed by atoms with Crippen LogP contribution in [0.3, 0.4) is 0 Å². The maximum atomic E-state index is 12.7. The highest BCUT2D eigenvalue weighted by atomic mass is 32.1. The molecule has 3 heterocycles. The van der Waals surface area contributed by atoms with Crippen molar-refractivity contribution in [3.63, 3.8) is 0 Å². The molecule has 1 saturated heterocycles. The first-order chi connectivity index (χ1) is 14.0. The lowest BCUT2D eigenvalue weighted by molar-refractivity contribution is -0.134. The molecule has 1 fully saturated rings. The zero-order chi connectivity index (χ0) is 20.4. The van der Waals surface area contributed by atoms with Crippen LogP contribution in [0.25, 0.3) is 16.2 Å². The second-order valence-corrected chi connectivity index (χ2v) is 8.03.